The molecule has 0 spiro atoms. The van der Waals surface area contributed by atoms with Gasteiger partial charge in [-0.05, 0) is 20.2 Å². The van der Waals surface area contributed by atoms with E-state index in [1.165, 1.54) is 0 Å². The number of rotatable bonds is 5. The Labute approximate surface area is 83.9 Å². The minimum atomic E-state index is 0.366. The predicted molar refractivity (Wildman–Crippen MR) is 58.1 cm³/mol. The molecule has 0 aliphatic heterocycles. The molecule has 0 aliphatic rings. The summed E-state index contributed by atoms with van der Waals surface area (Å²) in [5.41, 5.74) is 0. The van der Waals surface area contributed by atoms with Crippen LogP contribution in [0.1, 0.15) is 18.8 Å². The van der Waals surface area contributed by atoms with Crippen LogP contribution in [-0.2, 0) is 6.54 Å². The van der Waals surface area contributed by atoms with Gasteiger partial charge in [0.2, 0.25) is 0 Å². The lowest BCUT2D eigenvalue weighted by Gasteiger charge is -2.15. The van der Waals surface area contributed by atoms with E-state index in [4.69, 9.17) is 0 Å². The highest BCUT2D eigenvalue weighted by Gasteiger charge is 2.12. The highest BCUT2D eigenvalue weighted by Crippen LogP contribution is 2.14. The normalized spacial score (nSPS) is 13.2. The molecule has 3 nitrogen and oxygen atoms in total. The number of hydrogen-bond donors (Lipinski definition) is 1. The molecule has 1 aromatic rings. The Balaban J connectivity index is 2.77. The van der Waals surface area contributed by atoms with Gasteiger partial charge in [0.05, 0.1) is 6.04 Å². The zero-order valence-corrected chi connectivity index (χ0v) is 9.27. The van der Waals surface area contributed by atoms with Crippen LogP contribution in [0.5, 0.6) is 0 Å². The molecule has 1 rings (SSSR count). The summed E-state index contributed by atoms with van der Waals surface area (Å²) in [6.45, 7) is 3.12. The third-order valence-corrected chi connectivity index (χ3v) is 2.75. The predicted octanol–water partition coefficient (Wildman–Crippen LogP) is 1.53. The molecule has 1 aromatic heterocycles. The van der Waals surface area contributed by atoms with Gasteiger partial charge in [0, 0.05) is 24.7 Å². The van der Waals surface area contributed by atoms with Gasteiger partial charge >= 0.3 is 0 Å². The molecule has 1 heterocycles. The van der Waals surface area contributed by atoms with Crippen molar-refractivity contribution in [2.24, 2.45) is 0 Å². The van der Waals surface area contributed by atoms with Crippen LogP contribution in [0.3, 0.4) is 0 Å². The molecule has 4 heteroatoms. The average Bonchev–Trinajstić information content (AvgIpc) is 2.61. The van der Waals surface area contributed by atoms with Gasteiger partial charge in [0.1, 0.15) is 5.82 Å². The van der Waals surface area contributed by atoms with Gasteiger partial charge in [-0.2, -0.15) is 11.8 Å². The van der Waals surface area contributed by atoms with Crippen LogP contribution in [0.15, 0.2) is 12.4 Å². The van der Waals surface area contributed by atoms with Crippen molar-refractivity contribution >= 4 is 11.8 Å². The SMILES string of the molecule is CCn1ccnc1C(CSC)NC. The second kappa shape index (κ2) is 5.29. The first-order valence-corrected chi connectivity index (χ1v) is 5.90. The first kappa shape index (κ1) is 10.6. The van der Waals surface area contributed by atoms with Crippen LogP contribution in [0.4, 0.5) is 0 Å². The van der Waals surface area contributed by atoms with Crippen molar-refractivity contribution in [1.29, 1.82) is 0 Å². The van der Waals surface area contributed by atoms with Crippen LogP contribution in [0.25, 0.3) is 0 Å². The van der Waals surface area contributed by atoms with E-state index in [1.54, 1.807) is 0 Å². The van der Waals surface area contributed by atoms with Crippen LogP contribution in [-0.4, -0.2) is 28.6 Å². The second-order valence-electron chi connectivity index (χ2n) is 2.87. The van der Waals surface area contributed by atoms with E-state index in [0.29, 0.717) is 6.04 Å². The van der Waals surface area contributed by atoms with E-state index in [-0.39, 0.29) is 0 Å². The zero-order chi connectivity index (χ0) is 9.68. The van der Waals surface area contributed by atoms with Crippen LogP contribution in [0, 0.1) is 0 Å². The Kier molecular flexibility index (Phi) is 4.32. The molecule has 0 amide bonds. The molecule has 0 fully saturated rings. The number of imidazole rings is 1. The van der Waals surface area contributed by atoms with E-state index in [9.17, 15) is 0 Å². The number of aryl methyl sites for hydroxylation is 1. The standard InChI is InChI=1S/C9H17N3S/c1-4-12-6-5-11-9(12)8(10-2)7-13-3/h5-6,8,10H,4,7H2,1-3H3. The average molecular weight is 199 g/mol. The molecule has 0 aliphatic carbocycles. The minimum Gasteiger partial charge on any atom is -0.334 e. The third-order valence-electron chi connectivity index (χ3n) is 2.08. The van der Waals surface area contributed by atoms with Gasteiger partial charge in [0.25, 0.3) is 0 Å². The second-order valence-corrected chi connectivity index (χ2v) is 3.78. The fourth-order valence-corrected chi connectivity index (χ4v) is 2.00. The molecule has 1 unspecified atom stereocenters. The van der Waals surface area contributed by atoms with Crippen molar-refractivity contribution in [2.45, 2.75) is 19.5 Å². The molecule has 0 bridgehead atoms. The summed E-state index contributed by atoms with van der Waals surface area (Å²) in [5.74, 6) is 2.20. The maximum absolute atomic E-state index is 4.36. The number of hydrogen-bond acceptors (Lipinski definition) is 3. The van der Waals surface area contributed by atoms with Gasteiger partial charge in [-0.3, -0.25) is 0 Å². The smallest absolute Gasteiger partial charge is 0.126 e. The monoisotopic (exact) mass is 199 g/mol. The fourth-order valence-electron chi connectivity index (χ4n) is 1.35. The Morgan fingerprint density at radius 3 is 3.00 bits per heavy atom. The number of nitrogens with one attached hydrogen (secondary N) is 1. The Bertz CT molecular complexity index is 247. The lowest BCUT2D eigenvalue weighted by atomic mass is 10.3. The molecule has 13 heavy (non-hydrogen) atoms. The highest BCUT2D eigenvalue weighted by molar-refractivity contribution is 7.98. The topological polar surface area (TPSA) is 29.9 Å². The first-order chi connectivity index (χ1) is 6.33. The number of nitrogens with zero attached hydrogens (tertiary/aromatic N) is 2. The molecular weight excluding hydrogens is 182 g/mol. The van der Waals surface area contributed by atoms with Gasteiger partial charge in [-0.15, -0.1) is 0 Å². The summed E-state index contributed by atoms with van der Waals surface area (Å²) in [7, 11) is 1.98. The summed E-state index contributed by atoms with van der Waals surface area (Å²) in [6, 6.07) is 0.366. The van der Waals surface area contributed by atoms with Gasteiger partial charge in [-0.25, -0.2) is 4.98 Å². The molecule has 74 valence electrons. The molecule has 1 atom stereocenters. The highest BCUT2D eigenvalue weighted by atomic mass is 32.2. The van der Waals surface area contributed by atoms with E-state index in [2.05, 4.69) is 28.0 Å². The Morgan fingerprint density at radius 2 is 2.46 bits per heavy atom. The van der Waals surface area contributed by atoms with Crippen molar-refractivity contribution in [3.8, 4) is 0 Å². The van der Waals surface area contributed by atoms with Crippen molar-refractivity contribution < 1.29 is 0 Å². The first-order valence-electron chi connectivity index (χ1n) is 4.50. The maximum Gasteiger partial charge on any atom is 0.126 e. The lowest BCUT2D eigenvalue weighted by molar-refractivity contribution is 0.570. The summed E-state index contributed by atoms with van der Waals surface area (Å²) >= 11 is 1.84. The summed E-state index contributed by atoms with van der Waals surface area (Å²) < 4.78 is 2.18. The van der Waals surface area contributed by atoms with Crippen LogP contribution in [0.2, 0.25) is 0 Å². The molecule has 0 aromatic carbocycles. The molecular formula is C9H17N3S. The minimum absolute atomic E-state index is 0.366. The van der Waals surface area contributed by atoms with Crippen LogP contribution < -0.4 is 5.32 Å². The van der Waals surface area contributed by atoms with E-state index in [0.717, 1.165) is 18.1 Å². The van der Waals surface area contributed by atoms with E-state index >= 15 is 0 Å². The summed E-state index contributed by atoms with van der Waals surface area (Å²) in [6.07, 6.45) is 6.01. The van der Waals surface area contributed by atoms with E-state index in [1.807, 2.05) is 31.2 Å². The number of thioether (sulfide) groups is 1. The number of aromatic nitrogens is 2. The molecule has 0 saturated heterocycles. The van der Waals surface area contributed by atoms with Crippen molar-refractivity contribution in [1.82, 2.24) is 14.9 Å². The maximum atomic E-state index is 4.36. The Hall–Kier alpha value is -0.480. The largest absolute Gasteiger partial charge is 0.334 e. The van der Waals surface area contributed by atoms with Crippen molar-refractivity contribution in [2.75, 3.05) is 19.1 Å². The zero-order valence-electron chi connectivity index (χ0n) is 8.45. The van der Waals surface area contributed by atoms with Crippen molar-refractivity contribution in [3.05, 3.63) is 18.2 Å². The van der Waals surface area contributed by atoms with Gasteiger partial charge in [-0.1, -0.05) is 0 Å². The lowest BCUT2D eigenvalue weighted by Crippen LogP contribution is -2.22. The van der Waals surface area contributed by atoms with Crippen molar-refractivity contribution in [3.63, 3.8) is 0 Å². The third kappa shape index (κ3) is 2.48. The summed E-state index contributed by atoms with van der Waals surface area (Å²) in [5, 5.41) is 3.28. The molecule has 1 N–H and O–H groups in total. The molecule has 0 radical (unpaired) electrons. The quantitative estimate of drug-likeness (QED) is 0.780. The molecule has 0 saturated carbocycles. The Morgan fingerprint density at radius 1 is 1.69 bits per heavy atom. The summed E-state index contributed by atoms with van der Waals surface area (Å²) in [4.78, 5) is 4.36. The fraction of sp³-hybridized carbons (Fsp3) is 0.667. The van der Waals surface area contributed by atoms with Gasteiger partial charge < -0.3 is 9.88 Å². The van der Waals surface area contributed by atoms with E-state index < -0.39 is 0 Å². The van der Waals surface area contributed by atoms with Gasteiger partial charge in [0.15, 0.2) is 0 Å². The van der Waals surface area contributed by atoms with Crippen LogP contribution >= 0.6 is 11.8 Å².